The zero-order valence-electron chi connectivity index (χ0n) is 18.7. The zero-order valence-corrected chi connectivity index (χ0v) is 20.3. The molecule has 2 aromatic carbocycles. The van der Waals surface area contributed by atoms with E-state index >= 15 is 0 Å². The maximum atomic E-state index is 12.7. The molecule has 2 aromatic rings. The van der Waals surface area contributed by atoms with Crippen LogP contribution in [0.5, 0.6) is 0 Å². The Labute approximate surface area is 196 Å². The predicted octanol–water partition coefficient (Wildman–Crippen LogP) is 4.83. The molecule has 0 saturated carbocycles. The van der Waals surface area contributed by atoms with Gasteiger partial charge in [-0.25, -0.2) is 8.42 Å². The minimum absolute atomic E-state index is 0.159. The van der Waals surface area contributed by atoms with E-state index < -0.39 is 10.0 Å². The van der Waals surface area contributed by atoms with E-state index in [2.05, 4.69) is 21.9 Å². The first-order chi connectivity index (χ1) is 15.3. The molecule has 0 radical (unpaired) electrons. The summed E-state index contributed by atoms with van der Waals surface area (Å²) in [5, 5.41) is 3.19. The van der Waals surface area contributed by atoms with Gasteiger partial charge in [-0.3, -0.25) is 9.52 Å². The van der Waals surface area contributed by atoms with Gasteiger partial charge in [-0.05, 0) is 69.5 Å². The quantitative estimate of drug-likeness (QED) is 0.507. The minimum Gasteiger partial charge on any atom is -0.352 e. The van der Waals surface area contributed by atoms with Gasteiger partial charge in [-0.2, -0.15) is 0 Å². The number of anilines is 1. The molecule has 1 aliphatic rings. The van der Waals surface area contributed by atoms with E-state index in [9.17, 15) is 13.2 Å². The highest BCUT2D eigenvalue weighted by Gasteiger charge is 2.20. The zero-order chi connectivity index (χ0) is 23.1. The normalized spacial score (nSPS) is 17.2. The Bertz CT molecular complexity index is 1030. The summed E-state index contributed by atoms with van der Waals surface area (Å²) in [7, 11) is -3.76. The molecule has 2 N–H and O–H groups in total. The number of likely N-dealkylation sites (tertiary alicyclic amines) is 1. The Hall–Kier alpha value is -2.09. The molecular weight excluding hydrogens is 446 g/mol. The van der Waals surface area contributed by atoms with Crippen LogP contribution in [0.15, 0.2) is 47.4 Å². The molecule has 1 fully saturated rings. The Morgan fingerprint density at radius 3 is 2.62 bits per heavy atom. The van der Waals surface area contributed by atoms with Gasteiger partial charge >= 0.3 is 0 Å². The van der Waals surface area contributed by atoms with Crippen molar-refractivity contribution >= 4 is 33.2 Å². The highest BCUT2D eigenvalue weighted by Crippen LogP contribution is 2.23. The predicted molar refractivity (Wildman–Crippen MR) is 130 cm³/mol. The fourth-order valence-electron chi connectivity index (χ4n) is 4.09. The second-order valence-corrected chi connectivity index (χ2v) is 10.4. The van der Waals surface area contributed by atoms with Gasteiger partial charge in [-0.1, -0.05) is 42.6 Å². The van der Waals surface area contributed by atoms with Crippen LogP contribution in [0, 0.1) is 6.92 Å². The summed E-state index contributed by atoms with van der Waals surface area (Å²) in [6.45, 7) is 6.75. The van der Waals surface area contributed by atoms with E-state index in [0.717, 1.165) is 31.5 Å². The highest BCUT2D eigenvalue weighted by atomic mass is 35.5. The topological polar surface area (TPSA) is 78.5 Å². The van der Waals surface area contributed by atoms with Gasteiger partial charge in [0.2, 0.25) is 0 Å². The summed E-state index contributed by atoms with van der Waals surface area (Å²) in [6.07, 6.45) is 5.81. The lowest BCUT2D eigenvalue weighted by atomic mass is 10.00. The van der Waals surface area contributed by atoms with Crippen molar-refractivity contribution in [2.45, 2.75) is 56.9 Å². The van der Waals surface area contributed by atoms with Crippen LogP contribution in [-0.2, 0) is 10.0 Å². The first-order valence-corrected chi connectivity index (χ1v) is 13.1. The first kappa shape index (κ1) is 24.6. The molecule has 1 aliphatic heterocycles. The largest absolute Gasteiger partial charge is 0.352 e. The number of benzene rings is 2. The summed E-state index contributed by atoms with van der Waals surface area (Å²) < 4.78 is 27.8. The number of halogens is 1. The number of carbonyl (C=O) groups is 1. The molecule has 1 amide bonds. The van der Waals surface area contributed by atoms with Gasteiger partial charge < -0.3 is 10.2 Å². The molecule has 0 unspecified atom stereocenters. The lowest BCUT2D eigenvalue weighted by Crippen LogP contribution is -2.40. The third-order valence-corrected chi connectivity index (χ3v) is 7.65. The van der Waals surface area contributed by atoms with Gasteiger partial charge in [0.15, 0.2) is 0 Å². The number of carbonyl (C=O) groups excluding carboxylic acids is 1. The number of sulfonamides is 1. The fraction of sp³-hybridized carbons (Fsp3) is 0.458. The standard InChI is InChI=1S/C24H32ClN3O3S/c1-3-20-7-4-5-15-28(20)16-6-14-26-24(29)22-17-19(10-13-23(22)25)27-32(30,31)21-11-8-18(2)9-12-21/h8-13,17,20,27H,3-7,14-16H2,1-2H3,(H,26,29)/t20-/m0/s1. The van der Waals surface area contributed by atoms with Crippen molar-refractivity contribution in [3.05, 3.63) is 58.6 Å². The fourth-order valence-corrected chi connectivity index (χ4v) is 5.34. The molecule has 3 rings (SSSR count). The smallest absolute Gasteiger partial charge is 0.261 e. The summed E-state index contributed by atoms with van der Waals surface area (Å²) in [5.74, 6) is -0.308. The van der Waals surface area contributed by atoms with Gasteiger partial charge in [0.05, 0.1) is 15.5 Å². The van der Waals surface area contributed by atoms with Crippen LogP contribution >= 0.6 is 11.6 Å². The average Bonchev–Trinajstić information content (AvgIpc) is 2.78. The van der Waals surface area contributed by atoms with Gasteiger partial charge in [0, 0.05) is 24.8 Å². The number of nitrogens with one attached hydrogen (secondary N) is 2. The summed E-state index contributed by atoms with van der Waals surface area (Å²) in [6, 6.07) is 11.8. The van der Waals surface area contributed by atoms with Crippen molar-refractivity contribution in [3.8, 4) is 0 Å². The van der Waals surface area contributed by atoms with Gasteiger partial charge in [0.25, 0.3) is 15.9 Å². The maximum absolute atomic E-state index is 12.7. The Kier molecular flexibility index (Phi) is 8.57. The number of rotatable bonds is 9. The van der Waals surface area contributed by atoms with Crippen molar-refractivity contribution in [2.75, 3.05) is 24.4 Å². The van der Waals surface area contributed by atoms with Crippen LogP contribution in [-0.4, -0.2) is 44.9 Å². The van der Waals surface area contributed by atoms with E-state index in [1.807, 2.05) is 6.92 Å². The second-order valence-electron chi connectivity index (χ2n) is 8.32. The molecule has 6 nitrogen and oxygen atoms in total. The molecule has 174 valence electrons. The SMILES string of the molecule is CC[C@H]1CCCCN1CCCNC(=O)c1cc(NS(=O)(=O)c2ccc(C)cc2)ccc1Cl. The van der Waals surface area contributed by atoms with Crippen molar-refractivity contribution in [2.24, 2.45) is 0 Å². The molecule has 0 aromatic heterocycles. The third kappa shape index (κ3) is 6.47. The van der Waals surface area contributed by atoms with Crippen LogP contribution in [0.25, 0.3) is 0 Å². The molecule has 1 atom stereocenters. The number of amides is 1. The number of aryl methyl sites for hydroxylation is 1. The Morgan fingerprint density at radius 2 is 1.91 bits per heavy atom. The lowest BCUT2D eigenvalue weighted by molar-refractivity contribution is 0.0947. The molecule has 32 heavy (non-hydrogen) atoms. The number of hydrogen-bond donors (Lipinski definition) is 2. The average molecular weight is 478 g/mol. The van der Waals surface area contributed by atoms with E-state index in [4.69, 9.17) is 11.6 Å². The van der Waals surface area contributed by atoms with Crippen molar-refractivity contribution in [1.82, 2.24) is 10.2 Å². The van der Waals surface area contributed by atoms with Crippen LogP contribution in [0.3, 0.4) is 0 Å². The summed E-state index contributed by atoms with van der Waals surface area (Å²) in [5.41, 5.74) is 1.51. The number of nitrogens with zero attached hydrogens (tertiary/aromatic N) is 1. The van der Waals surface area contributed by atoms with E-state index in [0.29, 0.717) is 18.3 Å². The molecular formula is C24H32ClN3O3S. The van der Waals surface area contributed by atoms with E-state index in [1.54, 1.807) is 30.3 Å². The van der Waals surface area contributed by atoms with E-state index in [-0.39, 0.29) is 21.4 Å². The summed E-state index contributed by atoms with van der Waals surface area (Å²) >= 11 is 6.22. The number of hydrogen-bond acceptors (Lipinski definition) is 4. The minimum atomic E-state index is -3.76. The first-order valence-electron chi connectivity index (χ1n) is 11.2. The lowest BCUT2D eigenvalue weighted by Gasteiger charge is -2.35. The van der Waals surface area contributed by atoms with Crippen LogP contribution in [0.1, 0.15) is 54.9 Å². The molecule has 1 heterocycles. The molecule has 0 bridgehead atoms. The van der Waals surface area contributed by atoms with Crippen molar-refractivity contribution in [1.29, 1.82) is 0 Å². The van der Waals surface area contributed by atoms with Gasteiger partial charge in [0.1, 0.15) is 0 Å². The van der Waals surface area contributed by atoms with Crippen LogP contribution in [0.4, 0.5) is 5.69 Å². The van der Waals surface area contributed by atoms with Crippen molar-refractivity contribution < 1.29 is 13.2 Å². The monoisotopic (exact) mass is 477 g/mol. The Morgan fingerprint density at radius 1 is 1.16 bits per heavy atom. The molecule has 0 aliphatic carbocycles. The molecule has 8 heteroatoms. The molecule has 1 saturated heterocycles. The van der Waals surface area contributed by atoms with Crippen LogP contribution in [0.2, 0.25) is 5.02 Å². The highest BCUT2D eigenvalue weighted by molar-refractivity contribution is 7.92. The van der Waals surface area contributed by atoms with Crippen LogP contribution < -0.4 is 10.0 Å². The van der Waals surface area contributed by atoms with Crippen molar-refractivity contribution in [3.63, 3.8) is 0 Å². The Balaban J connectivity index is 1.58. The summed E-state index contributed by atoms with van der Waals surface area (Å²) in [4.78, 5) is 15.4. The molecule has 0 spiro atoms. The maximum Gasteiger partial charge on any atom is 0.261 e. The van der Waals surface area contributed by atoms with Gasteiger partial charge in [-0.15, -0.1) is 0 Å². The third-order valence-electron chi connectivity index (χ3n) is 5.92. The number of piperidine rings is 1. The second kappa shape index (κ2) is 11.2. The van der Waals surface area contributed by atoms with E-state index in [1.165, 1.54) is 31.4 Å².